The number of amides is 1. The number of methoxy groups -OCH3 is 1. The number of ether oxygens (including phenoxy) is 1. The molecule has 14 heavy (non-hydrogen) atoms. The third-order valence-corrected chi connectivity index (χ3v) is 1.73. The first-order chi connectivity index (χ1) is 6.72. The fraction of sp³-hybridized carbons (Fsp3) is 0.556. The van der Waals surface area contributed by atoms with Gasteiger partial charge in [0.2, 0.25) is 5.91 Å². The van der Waals surface area contributed by atoms with E-state index >= 15 is 0 Å². The topological polar surface area (TPSA) is 67.0 Å². The lowest BCUT2D eigenvalue weighted by molar-refractivity contribution is -0.116. The van der Waals surface area contributed by atoms with E-state index < -0.39 is 0 Å². The number of carbonyl (C=O) groups is 1. The lowest BCUT2D eigenvalue weighted by Gasteiger charge is -2.00. The number of hydrogen-bond donors (Lipinski definition) is 2. The molecule has 0 aliphatic carbocycles. The molecule has 5 nitrogen and oxygen atoms in total. The summed E-state index contributed by atoms with van der Waals surface area (Å²) in [4.78, 5) is 11.3. The van der Waals surface area contributed by atoms with Crippen LogP contribution in [0.3, 0.4) is 0 Å². The Bertz CT molecular complexity index is 296. The van der Waals surface area contributed by atoms with Crippen LogP contribution in [0.5, 0.6) is 0 Å². The third-order valence-electron chi connectivity index (χ3n) is 1.73. The first-order valence-corrected chi connectivity index (χ1v) is 4.53. The molecule has 0 atom stereocenters. The second-order valence-electron chi connectivity index (χ2n) is 3.08. The number of hydrogen-bond acceptors (Lipinski definition) is 3. The fourth-order valence-electron chi connectivity index (χ4n) is 1.06. The number of aromatic nitrogens is 2. The van der Waals surface area contributed by atoms with Gasteiger partial charge in [-0.1, -0.05) is 0 Å². The average Bonchev–Trinajstić information content (AvgIpc) is 2.52. The molecule has 0 saturated carbocycles. The van der Waals surface area contributed by atoms with Crippen molar-refractivity contribution in [2.45, 2.75) is 19.8 Å². The predicted molar refractivity (Wildman–Crippen MR) is 53.1 cm³/mol. The number of nitrogens with zero attached hydrogens (tertiary/aromatic N) is 1. The molecule has 0 fully saturated rings. The highest BCUT2D eigenvalue weighted by atomic mass is 16.5. The Morgan fingerprint density at radius 1 is 1.71 bits per heavy atom. The van der Waals surface area contributed by atoms with Crippen molar-refractivity contribution in [3.63, 3.8) is 0 Å². The molecule has 0 aliphatic heterocycles. The molecule has 0 radical (unpaired) electrons. The molecule has 1 amide bonds. The van der Waals surface area contributed by atoms with E-state index in [9.17, 15) is 4.79 Å². The van der Waals surface area contributed by atoms with Gasteiger partial charge < -0.3 is 10.1 Å². The normalized spacial score (nSPS) is 10.1. The molecule has 0 spiro atoms. The van der Waals surface area contributed by atoms with Crippen LogP contribution in [0.2, 0.25) is 0 Å². The molecule has 2 N–H and O–H groups in total. The highest BCUT2D eigenvalue weighted by Crippen LogP contribution is 2.04. The van der Waals surface area contributed by atoms with Crippen molar-refractivity contribution in [2.75, 3.05) is 19.0 Å². The summed E-state index contributed by atoms with van der Waals surface area (Å²) in [6, 6.07) is 1.79. The standard InChI is InChI=1S/C9H15N3O2/c1-7-6-8(12-11-7)10-9(13)4-3-5-14-2/h6H,3-5H2,1-2H3,(H2,10,11,12,13). The summed E-state index contributed by atoms with van der Waals surface area (Å²) in [5.74, 6) is 0.540. The smallest absolute Gasteiger partial charge is 0.225 e. The first-order valence-electron chi connectivity index (χ1n) is 4.53. The van der Waals surface area contributed by atoms with E-state index in [2.05, 4.69) is 15.5 Å². The second-order valence-corrected chi connectivity index (χ2v) is 3.08. The highest BCUT2D eigenvalue weighted by Gasteiger charge is 2.03. The summed E-state index contributed by atoms with van der Waals surface area (Å²) >= 11 is 0. The summed E-state index contributed by atoms with van der Waals surface area (Å²) in [6.45, 7) is 2.49. The zero-order valence-corrected chi connectivity index (χ0v) is 8.46. The molecule has 1 heterocycles. The Kier molecular flexibility index (Phi) is 4.12. The zero-order valence-electron chi connectivity index (χ0n) is 8.46. The van der Waals surface area contributed by atoms with Crippen molar-refractivity contribution in [1.29, 1.82) is 0 Å². The van der Waals surface area contributed by atoms with Crippen LogP contribution in [0, 0.1) is 6.92 Å². The van der Waals surface area contributed by atoms with Gasteiger partial charge in [-0.2, -0.15) is 5.10 Å². The summed E-state index contributed by atoms with van der Waals surface area (Å²) in [7, 11) is 1.62. The zero-order chi connectivity index (χ0) is 10.4. The van der Waals surface area contributed by atoms with Crippen LogP contribution < -0.4 is 5.32 Å². The van der Waals surface area contributed by atoms with Crippen LogP contribution in [-0.4, -0.2) is 29.8 Å². The maximum absolute atomic E-state index is 11.3. The van der Waals surface area contributed by atoms with Crippen LogP contribution in [-0.2, 0) is 9.53 Å². The number of aryl methyl sites for hydroxylation is 1. The van der Waals surface area contributed by atoms with Crippen LogP contribution in [0.25, 0.3) is 0 Å². The average molecular weight is 197 g/mol. The van der Waals surface area contributed by atoms with E-state index in [1.165, 1.54) is 0 Å². The summed E-state index contributed by atoms with van der Waals surface area (Å²) in [6.07, 6.45) is 1.19. The minimum Gasteiger partial charge on any atom is -0.385 e. The number of anilines is 1. The Labute approximate surface area is 82.8 Å². The summed E-state index contributed by atoms with van der Waals surface area (Å²) < 4.78 is 4.84. The van der Waals surface area contributed by atoms with Gasteiger partial charge >= 0.3 is 0 Å². The molecule has 0 bridgehead atoms. The molecule has 1 rings (SSSR count). The molecule has 1 aromatic heterocycles. The Morgan fingerprint density at radius 2 is 2.50 bits per heavy atom. The van der Waals surface area contributed by atoms with Gasteiger partial charge in [0.15, 0.2) is 5.82 Å². The molecular weight excluding hydrogens is 182 g/mol. The molecule has 0 unspecified atom stereocenters. The minimum atomic E-state index is -0.0337. The van der Waals surface area contributed by atoms with E-state index in [0.29, 0.717) is 18.8 Å². The van der Waals surface area contributed by atoms with Crippen molar-refractivity contribution in [2.24, 2.45) is 0 Å². The van der Waals surface area contributed by atoms with Gasteiger partial charge in [-0.05, 0) is 13.3 Å². The highest BCUT2D eigenvalue weighted by molar-refractivity contribution is 5.89. The SMILES string of the molecule is COCCCC(=O)Nc1cc(C)[nH]n1. The van der Waals surface area contributed by atoms with E-state index in [1.807, 2.05) is 6.92 Å². The Balaban J connectivity index is 2.27. The quantitative estimate of drug-likeness (QED) is 0.694. The van der Waals surface area contributed by atoms with Crippen LogP contribution in [0.4, 0.5) is 5.82 Å². The van der Waals surface area contributed by atoms with Crippen molar-refractivity contribution in [3.8, 4) is 0 Å². The van der Waals surface area contributed by atoms with Crippen LogP contribution >= 0.6 is 0 Å². The van der Waals surface area contributed by atoms with E-state index in [-0.39, 0.29) is 5.91 Å². The number of rotatable bonds is 5. The van der Waals surface area contributed by atoms with Gasteiger partial charge in [-0.25, -0.2) is 0 Å². The monoisotopic (exact) mass is 197 g/mol. The van der Waals surface area contributed by atoms with Gasteiger partial charge in [-0.15, -0.1) is 0 Å². The van der Waals surface area contributed by atoms with Gasteiger partial charge in [0.25, 0.3) is 0 Å². The minimum absolute atomic E-state index is 0.0337. The number of nitrogens with one attached hydrogen (secondary N) is 2. The third kappa shape index (κ3) is 3.57. The largest absolute Gasteiger partial charge is 0.385 e. The van der Waals surface area contributed by atoms with Crippen molar-refractivity contribution >= 4 is 11.7 Å². The maximum Gasteiger partial charge on any atom is 0.225 e. The summed E-state index contributed by atoms with van der Waals surface area (Å²) in [5, 5.41) is 9.33. The van der Waals surface area contributed by atoms with Crippen LogP contribution in [0.1, 0.15) is 18.5 Å². The van der Waals surface area contributed by atoms with Gasteiger partial charge in [0.1, 0.15) is 0 Å². The number of H-pyrrole nitrogens is 1. The van der Waals surface area contributed by atoms with Crippen molar-refractivity contribution < 1.29 is 9.53 Å². The van der Waals surface area contributed by atoms with Gasteiger partial charge in [0, 0.05) is 31.9 Å². The molecule has 78 valence electrons. The Morgan fingerprint density at radius 3 is 3.07 bits per heavy atom. The first kappa shape index (κ1) is 10.7. The van der Waals surface area contributed by atoms with E-state index in [0.717, 1.165) is 12.1 Å². The molecule has 1 aromatic rings. The maximum atomic E-state index is 11.3. The molecule has 0 saturated heterocycles. The lowest BCUT2D eigenvalue weighted by atomic mass is 10.3. The van der Waals surface area contributed by atoms with Crippen LogP contribution in [0.15, 0.2) is 6.07 Å². The fourth-order valence-corrected chi connectivity index (χ4v) is 1.06. The molecule has 5 heteroatoms. The van der Waals surface area contributed by atoms with Crippen molar-refractivity contribution in [3.05, 3.63) is 11.8 Å². The predicted octanol–water partition coefficient (Wildman–Crippen LogP) is 1.08. The van der Waals surface area contributed by atoms with Gasteiger partial charge in [-0.3, -0.25) is 9.89 Å². The van der Waals surface area contributed by atoms with Crippen molar-refractivity contribution in [1.82, 2.24) is 10.2 Å². The molecule has 0 aliphatic rings. The van der Waals surface area contributed by atoms with E-state index in [1.54, 1.807) is 13.2 Å². The summed E-state index contributed by atoms with van der Waals surface area (Å²) in [5.41, 5.74) is 0.928. The van der Waals surface area contributed by atoms with Gasteiger partial charge in [0.05, 0.1) is 0 Å². The number of aromatic amines is 1. The second kappa shape index (κ2) is 5.39. The Hall–Kier alpha value is -1.36. The number of carbonyl (C=O) groups excluding carboxylic acids is 1. The lowest BCUT2D eigenvalue weighted by Crippen LogP contribution is -2.12. The van der Waals surface area contributed by atoms with E-state index in [4.69, 9.17) is 4.74 Å². The molecular formula is C9H15N3O2. The molecule has 0 aromatic carbocycles.